The molecule has 0 N–H and O–H groups in total. The topological polar surface area (TPSA) is 89.9 Å². The second-order valence-electron chi connectivity index (χ2n) is 4.61. The summed E-state index contributed by atoms with van der Waals surface area (Å²) >= 11 is 0. The normalized spacial score (nSPS) is 19.1. The molecule has 0 saturated carbocycles. The minimum Gasteiger partial charge on any atom is -0.337 e. The maximum atomic E-state index is 12.4. The first-order valence-corrected chi connectivity index (χ1v) is 6.12. The Kier molecular flexibility index (Phi) is 2.77. The average Bonchev–Trinajstić information content (AvgIpc) is 3.07. The molecule has 0 spiro atoms. The summed E-state index contributed by atoms with van der Waals surface area (Å²) in [6.07, 6.45) is 3.35. The van der Waals surface area contributed by atoms with E-state index in [-0.39, 0.29) is 11.9 Å². The molecule has 0 radical (unpaired) electrons. The minimum atomic E-state index is -0.157. The van der Waals surface area contributed by atoms with Crippen molar-refractivity contribution in [2.45, 2.75) is 25.8 Å². The van der Waals surface area contributed by atoms with Crippen LogP contribution in [0.4, 0.5) is 0 Å². The molecule has 0 aliphatic carbocycles. The van der Waals surface area contributed by atoms with E-state index in [0.717, 1.165) is 12.8 Å². The molecule has 2 aromatic heterocycles. The molecule has 1 fully saturated rings. The quantitative estimate of drug-likeness (QED) is 0.782. The molecule has 0 bridgehead atoms. The molecule has 8 nitrogen and oxygen atoms in total. The van der Waals surface area contributed by atoms with Gasteiger partial charge in [0, 0.05) is 13.6 Å². The summed E-state index contributed by atoms with van der Waals surface area (Å²) in [4.78, 5) is 18.3. The monoisotopic (exact) mass is 262 g/mol. The molecule has 1 aliphatic heterocycles. The van der Waals surface area contributed by atoms with Crippen molar-refractivity contribution in [2.75, 3.05) is 6.54 Å². The van der Waals surface area contributed by atoms with Crippen molar-refractivity contribution in [1.82, 2.24) is 30.0 Å². The summed E-state index contributed by atoms with van der Waals surface area (Å²) in [6.45, 7) is 2.43. The van der Waals surface area contributed by atoms with E-state index in [1.807, 2.05) is 0 Å². The van der Waals surface area contributed by atoms with E-state index in [4.69, 9.17) is 4.52 Å². The van der Waals surface area contributed by atoms with Crippen molar-refractivity contribution in [3.63, 3.8) is 0 Å². The zero-order valence-corrected chi connectivity index (χ0v) is 10.8. The van der Waals surface area contributed by atoms with Crippen molar-refractivity contribution in [1.29, 1.82) is 0 Å². The molecule has 3 rings (SSSR count). The van der Waals surface area contributed by atoms with Gasteiger partial charge in [0.25, 0.3) is 5.91 Å². The standard InChI is InChI=1S/C11H14N6O2/c1-7-12-10(19-14-7)9-4-3-5-17(9)11(18)8-6-16(2)15-13-8/h6,9H,3-5H2,1-2H3. The number of aryl methyl sites for hydroxylation is 2. The van der Waals surface area contributed by atoms with Crippen LogP contribution in [0, 0.1) is 6.92 Å². The maximum absolute atomic E-state index is 12.4. The molecule has 0 aromatic carbocycles. The number of nitrogens with zero attached hydrogens (tertiary/aromatic N) is 6. The first-order chi connectivity index (χ1) is 9.15. The maximum Gasteiger partial charge on any atom is 0.276 e. The number of rotatable bonds is 2. The minimum absolute atomic E-state index is 0.147. The van der Waals surface area contributed by atoms with Gasteiger partial charge in [0.2, 0.25) is 5.89 Å². The van der Waals surface area contributed by atoms with Crippen molar-refractivity contribution in [3.8, 4) is 0 Å². The smallest absolute Gasteiger partial charge is 0.276 e. The molecule has 1 saturated heterocycles. The van der Waals surface area contributed by atoms with Gasteiger partial charge >= 0.3 is 0 Å². The van der Waals surface area contributed by atoms with Crippen LogP contribution in [0.2, 0.25) is 0 Å². The summed E-state index contributed by atoms with van der Waals surface area (Å²) in [5, 5.41) is 11.4. The Morgan fingerprint density at radius 2 is 2.37 bits per heavy atom. The highest BCUT2D eigenvalue weighted by Crippen LogP contribution is 2.31. The lowest BCUT2D eigenvalue weighted by Crippen LogP contribution is -2.31. The Hall–Kier alpha value is -2.25. The van der Waals surface area contributed by atoms with Crippen LogP contribution in [0.25, 0.3) is 0 Å². The van der Waals surface area contributed by atoms with Crippen LogP contribution < -0.4 is 0 Å². The fourth-order valence-corrected chi connectivity index (χ4v) is 2.31. The fourth-order valence-electron chi connectivity index (χ4n) is 2.31. The van der Waals surface area contributed by atoms with E-state index < -0.39 is 0 Å². The highest BCUT2D eigenvalue weighted by atomic mass is 16.5. The number of hydrogen-bond donors (Lipinski definition) is 0. The third-order valence-electron chi connectivity index (χ3n) is 3.16. The van der Waals surface area contributed by atoms with Crippen LogP contribution in [-0.4, -0.2) is 42.5 Å². The molecule has 19 heavy (non-hydrogen) atoms. The van der Waals surface area contributed by atoms with Gasteiger partial charge in [0.15, 0.2) is 11.5 Å². The van der Waals surface area contributed by atoms with Gasteiger partial charge in [-0.1, -0.05) is 10.4 Å². The highest BCUT2D eigenvalue weighted by molar-refractivity contribution is 5.92. The molecule has 3 heterocycles. The molecular weight excluding hydrogens is 248 g/mol. The van der Waals surface area contributed by atoms with Crippen LogP contribution >= 0.6 is 0 Å². The molecule has 100 valence electrons. The number of carbonyl (C=O) groups is 1. The van der Waals surface area contributed by atoms with E-state index in [1.54, 1.807) is 25.1 Å². The highest BCUT2D eigenvalue weighted by Gasteiger charge is 2.35. The van der Waals surface area contributed by atoms with Gasteiger partial charge in [-0.2, -0.15) is 4.98 Å². The number of amides is 1. The predicted octanol–water partition coefficient (Wildman–Crippen LogP) is 0.484. The zero-order valence-electron chi connectivity index (χ0n) is 10.8. The van der Waals surface area contributed by atoms with Gasteiger partial charge in [-0.15, -0.1) is 5.10 Å². The van der Waals surface area contributed by atoms with E-state index in [1.165, 1.54) is 4.68 Å². The molecule has 8 heteroatoms. The molecule has 1 aliphatic rings. The van der Waals surface area contributed by atoms with Crippen LogP contribution in [0.1, 0.15) is 41.1 Å². The van der Waals surface area contributed by atoms with Crippen molar-refractivity contribution in [3.05, 3.63) is 23.6 Å². The van der Waals surface area contributed by atoms with Gasteiger partial charge < -0.3 is 9.42 Å². The Bertz CT molecular complexity index is 604. The Morgan fingerprint density at radius 3 is 3.00 bits per heavy atom. The lowest BCUT2D eigenvalue weighted by Gasteiger charge is -2.20. The number of carbonyl (C=O) groups excluding carboxylic acids is 1. The first-order valence-electron chi connectivity index (χ1n) is 6.12. The van der Waals surface area contributed by atoms with E-state index in [0.29, 0.717) is 24.0 Å². The molecule has 1 unspecified atom stereocenters. The van der Waals surface area contributed by atoms with Crippen LogP contribution in [0.3, 0.4) is 0 Å². The van der Waals surface area contributed by atoms with Gasteiger partial charge in [-0.3, -0.25) is 9.48 Å². The van der Waals surface area contributed by atoms with Crippen LogP contribution in [0.15, 0.2) is 10.7 Å². The summed E-state index contributed by atoms with van der Waals surface area (Å²) in [7, 11) is 1.73. The van der Waals surface area contributed by atoms with Gasteiger partial charge in [-0.05, 0) is 19.8 Å². The fraction of sp³-hybridized carbons (Fsp3) is 0.545. The summed E-state index contributed by atoms with van der Waals surface area (Å²) in [5.74, 6) is 0.924. The molecular formula is C11H14N6O2. The third kappa shape index (κ3) is 2.09. The predicted molar refractivity (Wildman–Crippen MR) is 63.0 cm³/mol. The number of hydrogen-bond acceptors (Lipinski definition) is 6. The van der Waals surface area contributed by atoms with Gasteiger partial charge in [0.05, 0.1) is 6.20 Å². The van der Waals surface area contributed by atoms with Gasteiger partial charge in [-0.25, -0.2) is 0 Å². The lowest BCUT2D eigenvalue weighted by atomic mass is 10.2. The third-order valence-corrected chi connectivity index (χ3v) is 3.16. The van der Waals surface area contributed by atoms with Crippen LogP contribution in [-0.2, 0) is 7.05 Å². The van der Waals surface area contributed by atoms with E-state index in [2.05, 4.69) is 20.5 Å². The Labute approximate surface area is 109 Å². The Balaban J connectivity index is 1.85. The zero-order chi connectivity index (χ0) is 13.4. The molecule has 1 atom stereocenters. The number of aromatic nitrogens is 5. The summed E-state index contributed by atoms with van der Waals surface area (Å²) in [6, 6.07) is -0.157. The van der Waals surface area contributed by atoms with Crippen molar-refractivity contribution >= 4 is 5.91 Å². The summed E-state index contributed by atoms with van der Waals surface area (Å²) < 4.78 is 6.68. The van der Waals surface area contributed by atoms with Crippen molar-refractivity contribution in [2.24, 2.45) is 7.05 Å². The van der Waals surface area contributed by atoms with Crippen molar-refractivity contribution < 1.29 is 9.32 Å². The SMILES string of the molecule is Cc1noc(C2CCCN2C(=O)c2cn(C)nn2)n1. The Morgan fingerprint density at radius 1 is 1.53 bits per heavy atom. The van der Waals surface area contributed by atoms with Crippen LogP contribution in [0.5, 0.6) is 0 Å². The molecule has 2 aromatic rings. The number of likely N-dealkylation sites (tertiary alicyclic amines) is 1. The average molecular weight is 262 g/mol. The second kappa shape index (κ2) is 4.45. The first kappa shape index (κ1) is 11.8. The van der Waals surface area contributed by atoms with E-state index >= 15 is 0 Å². The summed E-state index contributed by atoms with van der Waals surface area (Å²) in [5.41, 5.74) is 0.339. The lowest BCUT2D eigenvalue weighted by molar-refractivity contribution is 0.0704. The largest absolute Gasteiger partial charge is 0.337 e. The van der Waals surface area contributed by atoms with Gasteiger partial charge in [0.1, 0.15) is 6.04 Å². The van der Waals surface area contributed by atoms with E-state index in [9.17, 15) is 4.79 Å². The molecule has 1 amide bonds. The second-order valence-corrected chi connectivity index (χ2v) is 4.61.